The molecule has 0 spiro atoms. The average molecular weight is 352 g/mol. The zero-order valence-electron chi connectivity index (χ0n) is 10.9. The maximum absolute atomic E-state index is 4.25. The summed E-state index contributed by atoms with van der Waals surface area (Å²) in [6, 6.07) is 8.70. The van der Waals surface area contributed by atoms with Crippen LogP contribution in [0, 0.1) is 17.4 Å². The molecule has 0 aliphatic rings. The summed E-state index contributed by atoms with van der Waals surface area (Å²) in [7, 11) is 2.00. The molecular formula is C15H17IN2. The van der Waals surface area contributed by atoms with Crippen LogP contribution in [0.1, 0.15) is 28.3 Å². The number of nitrogens with one attached hydrogen (secondary N) is 1. The van der Waals surface area contributed by atoms with Gasteiger partial charge in [-0.1, -0.05) is 18.2 Å². The van der Waals surface area contributed by atoms with Gasteiger partial charge in [0.15, 0.2) is 0 Å². The first-order valence-electron chi connectivity index (χ1n) is 5.98. The quantitative estimate of drug-likeness (QED) is 0.854. The van der Waals surface area contributed by atoms with Crippen LogP contribution in [0.3, 0.4) is 0 Å². The van der Waals surface area contributed by atoms with E-state index in [0.717, 1.165) is 0 Å². The largest absolute Gasteiger partial charge is 0.309 e. The number of rotatable bonds is 3. The lowest BCUT2D eigenvalue weighted by atomic mass is 9.96. The smallest absolute Gasteiger partial charge is 0.0602 e. The van der Waals surface area contributed by atoms with E-state index in [1.54, 1.807) is 0 Å². The zero-order valence-corrected chi connectivity index (χ0v) is 13.0. The van der Waals surface area contributed by atoms with Gasteiger partial charge in [0.25, 0.3) is 0 Å². The summed E-state index contributed by atoms with van der Waals surface area (Å²) >= 11 is 2.42. The number of aromatic nitrogens is 1. The van der Waals surface area contributed by atoms with E-state index in [2.05, 4.69) is 71.0 Å². The standard InChI is InChI=1S/C15H17IN2/c1-10-7-8-18-9-13(10)15(17-3)12-6-4-5-11(2)14(12)16/h4-9,15,17H,1-3H3. The molecule has 1 heterocycles. The number of halogens is 1. The average Bonchev–Trinajstić information content (AvgIpc) is 2.37. The highest BCUT2D eigenvalue weighted by Crippen LogP contribution is 2.29. The molecule has 1 atom stereocenters. The summed E-state index contributed by atoms with van der Waals surface area (Å²) < 4.78 is 1.32. The predicted octanol–water partition coefficient (Wildman–Crippen LogP) is 3.61. The molecule has 94 valence electrons. The Morgan fingerprint density at radius 3 is 2.56 bits per heavy atom. The Kier molecular flexibility index (Phi) is 4.35. The molecule has 1 aromatic carbocycles. The van der Waals surface area contributed by atoms with Crippen LogP contribution < -0.4 is 5.32 Å². The molecule has 3 heteroatoms. The van der Waals surface area contributed by atoms with Crippen molar-refractivity contribution in [2.24, 2.45) is 0 Å². The van der Waals surface area contributed by atoms with E-state index in [0.29, 0.717) is 0 Å². The fraction of sp³-hybridized carbons (Fsp3) is 0.267. The van der Waals surface area contributed by atoms with Gasteiger partial charge in [0.05, 0.1) is 6.04 Å². The Labute approximate surface area is 122 Å². The molecule has 2 nitrogen and oxygen atoms in total. The third-order valence-electron chi connectivity index (χ3n) is 3.21. The van der Waals surface area contributed by atoms with Gasteiger partial charge in [0.1, 0.15) is 0 Å². The lowest BCUT2D eigenvalue weighted by molar-refractivity contribution is 0.680. The first-order chi connectivity index (χ1) is 8.65. The Morgan fingerprint density at radius 2 is 1.89 bits per heavy atom. The molecule has 0 fully saturated rings. The van der Waals surface area contributed by atoms with Crippen molar-refractivity contribution >= 4 is 22.6 Å². The maximum atomic E-state index is 4.25. The van der Waals surface area contributed by atoms with Crippen LogP contribution in [0.25, 0.3) is 0 Å². The molecule has 0 aliphatic carbocycles. The van der Waals surface area contributed by atoms with Crippen LogP contribution in [0.5, 0.6) is 0 Å². The summed E-state index contributed by atoms with van der Waals surface area (Å²) in [4.78, 5) is 4.25. The van der Waals surface area contributed by atoms with Crippen LogP contribution in [-0.4, -0.2) is 12.0 Å². The molecule has 2 rings (SSSR count). The minimum atomic E-state index is 0.200. The number of benzene rings is 1. The number of hydrogen-bond acceptors (Lipinski definition) is 2. The van der Waals surface area contributed by atoms with E-state index < -0.39 is 0 Å². The minimum absolute atomic E-state index is 0.200. The molecule has 18 heavy (non-hydrogen) atoms. The highest BCUT2D eigenvalue weighted by atomic mass is 127. The van der Waals surface area contributed by atoms with Gasteiger partial charge < -0.3 is 5.32 Å². The third kappa shape index (κ3) is 2.57. The van der Waals surface area contributed by atoms with Crippen LogP contribution >= 0.6 is 22.6 Å². The minimum Gasteiger partial charge on any atom is -0.309 e. The first-order valence-corrected chi connectivity index (χ1v) is 7.05. The number of nitrogens with zero attached hydrogens (tertiary/aromatic N) is 1. The summed E-state index contributed by atoms with van der Waals surface area (Å²) in [5, 5.41) is 3.40. The molecule has 1 aromatic heterocycles. The molecule has 1 N–H and O–H groups in total. The van der Waals surface area contributed by atoms with Gasteiger partial charge in [-0.05, 0) is 71.8 Å². The van der Waals surface area contributed by atoms with Crippen LogP contribution in [-0.2, 0) is 0 Å². The molecule has 0 saturated carbocycles. The highest BCUT2D eigenvalue weighted by molar-refractivity contribution is 14.1. The van der Waals surface area contributed by atoms with E-state index in [9.17, 15) is 0 Å². The summed E-state index contributed by atoms with van der Waals surface area (Å²) in [6.07, 6.45) is 3.79. The molecule has 0 aliphatic heterocycles. The van der Waals surface area contributed by atoms with Gasteiger partial charge in [-0.25, -0.2) is 0 Å². The van der Waals surface area contributed by atoms with Gasteiger partial charge >= 0.3 is 0 Å². The Bertz CT molecular complexity index is 552. The summed E-state index contributed by atoms with van der Waals surface area (Å²) in [5.74, 6) is 0. The fourth-order valence-electron chi connectivity index (χ4n) is 2.15. The first kappa shape index (κ1) is 13.5. The molecule has 0 radical (unpaired) electrons. The summed E-state index contributed by atoms with van der Waals surface area (Å²) in [6.45, 7) is 4.28. The van der Waals surface area contributed by atoms with Crippen molar-refractivity contribution in [3.8, 4) is 0 Å². The third-order valence-corrected chi connectivity index (χ3v) is 4.69. The normalized spacial score (nSPS) is 12.4. The molecule has 0 bridgehead atoms. The van der Waals surface area contributed by atoms with Crippen molar-refractivity contribution in [2.75, 3.05) is 7.05 Å². The molecule has 0 saturated heterocycles. The summed E-state index contributed by atoms with van der Waals surface area (Å²) in [5.41, 5.74) is 5.13. The van der Waals surface area contributed by atoms with E-state index >= 15 is 0 Å². The zero-order chi connectivity index (χ0) is 13.1. The van der Waals surface area contributed by atoms with E-state index in [1.807, 2.05) is 19.4 Å². The second-order valence-electron chi connectivity index (χ2n) is 4.43. The Hall–Kier alpha value is -0.940. The SMILES string of the molecule is CNC(c1cnccc1C)c1cccc(C)c1I. The molecule has 1 unspecified atom stereocenters. The van der Waals surface area contributed by atoms with Gasteiger partial charge in [-0.15, -0.1) is 0 Å². The second-order valence-corrected chi connectivity index (χ2v) is 5.51. The van der Waals surface area contributed by atoms with Crippen molar-refractivity contribution in [3.63, 3.8) is 0 Å². The van der Waals surface area contributed by atoms with Gasteiger partial charge in [-0.2, -0.15) is 0 Å². The van der Waals surface area contributed by atoms with E-state index in [1.165, 1.54) is 25.8 Å². The van der Waals surface area contributed by atoms with Crippen molar-refractivity contribution in [3.05, 3.63) is 62.5 Å². The van der Waals surface area contributed by atoms with E-state index in [-0.39, 0.29) is 6.04 Å². The van der Waals surface area contributed by atoms with Crippen molar-refractivity contribution < 1.29 is 0 Å². The number of hydrogen-bond donors (Lipinski definition) is 1. The van der Waals surface area contributed by atoms with Crippen LogP contribution in [0.15, 0.2) is 36.7 Å². The van der Waals surface area contributed by atoms with Crippen molar-refractivity contribution in [1.82, 2.24) is 10.3 Å². The predicted molar refractivity (Wildman–Crippen MR) is 83.8 cm³/mol. The number of pyridine rings is 1. The van der Waals surface area contributed by atoms with Gasteiger partial charge in [0.2, 0.25) is 0 Å². The van der Waals surface area contributed by atoms with Crippen molar-refractivity contribution in [2.45, 2.75) is 19.9 Å². The molecule has 2 aromatic rings. The fourth-order valence-corrected chi connectivity index (χ4v) is 2.82. The molecular weight excluding hydrogens is 335 g/mol. The highest BCUT2D eigenvalue weighted by Gasteiger charge is 2.17. The van der Waals surface area contributed by atoms with E-state index in [4.69, 9.17) is 0 Å². The lowest BCUT2D eigenvalue weighted by Crippen LogP contribution is -2.20. The van der Waals surface area contributed by atoms with Gasteiger partial charge in [0, 0.05) is 16.0 Å². The van der Waals surface area contributed by atoms with Crippen LogP contribution in [0.4, 0.5) is 0 Å². The molecule has 0 amide bonds. The topological polar surface area (TPSA) is 24.9 Å². The Morgan fingerprint density at radius 1 is 1.11 bits per heavy atom. The Balaban J connectivity index is 2.53. The second kappa shape index (κ2) is 5.80. The lowest BCUT2D eigenvalue weighted by Gasteiger charge is -2.21. The van der Waals surface area contributed by atoms with Crippen molar-refractivity contribution in [1.29, 1.82) is 0 Å². The maximum Gasteiger partial charge on any atom is 0.0602 e. The van der Waals surface area contributed by atoms with Crippen LogP contribution in [0.2, 0.25) is 0 Å². The van der Waals surface area contributed by atoms with Gasteiger partial charge in [-0.3, -0.25) is 4.98 Å². The monoisotopic (exact) mass is 352 g/mol. The number of aryl methyl sites for hydroxylation is 2.